The Morgan fingerprint density at radius 1 is 1.58 bits per heavy atom. The fourth-order valence-corrected chi connectivity index (χ4v) is 0.922. The number of rotatable bonds is 2. The molecule has 2 nitrogen and oxygen atoms in total. The molecule has 0 atom stereocenters. The lowest BCUT2D eigenvalue weighted by Crippen LogP contribution is -1.79. The number of halogens is 2. The second-order valence-electron chi connectivity index (χ2n) is 2.03. The van der Waals surface area contributed by atoms with Crippen LogP contribution in [0, 0.1) is 0 Å². The van der Waals surface area contributed by atoms with E-state index in [-0.39, 0.29) is 0 Å². The molecule has 0 fully saturated rings. The number of pyridine rings is 1. The molecule has 0 aliphatic carbocycles. The first kappa shape index (κ1) is 9.23. The highest BCUT2D eigenvalue weighted by Gasteiger charge is 1.94. The summed E-state index contributed by atoms with van der Waals surface area (Å²) in [6.45, 7) is 0. The highest BCUT2D eigenvalue weighted by atomic mass is 35.5. The van der Waals surface area contributed by atoms with Crippen LogP contribution in [0.5, 0.6) is 0 Å². The Labute approximate surface area is 79.8 Å². The minimum atomic E-state index is -0.525. The van der Waals surface area contributed by atoms with Crippen LogP contribution < -0.4 is 0 Å². The first-order chi connectivity index (χ1) is 5.70. The van der Waals surface area contributed by atoms with Gasteiger partial charge in [0.05, 0.1) is 5.02 Å². The van der Waals surface area contributed by atoms with E-state index >= 15 is 0 Å². The molecule has 0 N–H and O–H groups in total. The van der Waals surface area contributed by atoms with Gasteiger partial charge in [0.15, 0.2) is 0 Å². The van der Waals surface area contributed by atoms with Crippen molar-refractivity contribution in [3.8, 4) is 0 Å². The molecule has 0 aliphatic heterocycles. The first-order valence-corrected chi connectivity index (χ1v) is 3.93. The van der Waals surface area contributed by atoms with Crippen LogP contribution in [-0.2, 0) is 4.79 Å². The molecule has 0 saturated carbocycles. The maximum absolute atomic E-state index is 10.3. The van der Waals surface area contributed by atoms with Crippen molar-refractivity contribution >= 4 is 34.5 Å². The lowest BCUT2D eigenvalue weighted by Gasteiger charge is -1.93. The van der Waals surface area contributed by atoms with Gasteiger partial charge >= 0.3 is 0 Å². The Bertz CT molecular complexity index is 323. The van der Waals surface area contributed by atoms with E-state index in [4.69, 9.17) is 23.2 Å². The predicted molar refractivity (Wildman–Crippen MR) is 49.1 cm³/mol. The molecule has 0 aromatic carbocycles. The fraction of sp³-hybridized carbons (Fsp3) is 0. The summed E-state index contributed by atoms with van der Waals surface area (Å²) in [5, 5.41) is -0.0328. The normalized spacial score (nSPS) is 10.5. The Balaban J connectivity index is 2.89. The number of carbonyl (C=O) groups is 1. The van der Waals surface area contributed by atoms with Gasteiger partial charge in [-0.1, -0.05) is 11.6 Å². The molecule has 62 valence electrons. The summed E-state index contributed by atoms with van der Waals surface area (Å²) in [6, 6.07) is 1.69. The van der Waals surface area contributed by atoms with Crippen molar-refractivity contribution in [2.45, 2.75) is 0 Å². The van der Waals surface area contributed by atoms with Gasteiger partial charge in [-0.15, -0.1) is 0 Å². The van der Waals surface area contributed by atoms with Crippen molar-refractivity contribution in [1.29, 1.82) is 0 Å². The zero-order valence-electron chi connectivity index (χ0n) is 6.00. The van der Waals surface area contributed by atoms with Gasteiger partial charge in [-0.05, 0) is 35.4 Å². The van der Waals surface area contributed by atoms with Crippen LogP contribution in [0.25, 0.3) is 6.08 Å². The van der Waals surface area contributed by atoms with Crippen LogP contribution >= 0.6 is 23.2 Å². The van der Waals surface area contributed by atoms with Crippen molar-refractivity contribution in [2.24, 2.45) is 0 Å². The van der Waals surface area contributed by atoms with Gasteiger partial charge in [-0.25, -0.2) is 0 Å². The maximum atomic E-state index is 10.3. The molecule has 0 unspecified atom stereocenters. The van der Waals surface area contributed by atoms with Gasteiger partial charge in [0.25, 0.3) is 0 Å². The molecule has 1 aromatic rings. The largest absolute Gasteiger partial charge is 0.276 e. The van der Waals surface area contributed by atoms with E-state index in [2.05, 4.69) is 4.98 Å². The summed E-state index contributed by atoms with van der Waals surface area (Å²) >= 11 is 10.8. The summed E-state index contributed by atoms with van der Waals surface area (Å²) in [5.74, 6) is 0. The highest BCUT2D eigenvalue weighted by molar-refractivity contribution is 6.66. The van der Waals surface area contributed by atoms with Crippen LogP contribution in [0.4, 0.5) is 0 Å². The number of nitrogens with zero attached hydrogens (tertiary/aromatic N) is 1. The van der Waals surface area contributed by atoms with Crippen LogP contribution in [0.3, 0.4) is 0 Å². The summed E-state index contributed by atoms with van der Waals surface area (Å²) in [4.78, 5) is 14.1. The van der Waals surface area contributed by atoms with Crippen molar-refractivity contribution in [3.05, 3.63) is 35.1 Å². The highest BCUT2D eigenvalue weighted by Crippen LogP contribution is 2.14. The van der Waals surface area contributed by atoms with Crippen molar-refractivity contribution in [1.82, 2.24) is 4.98 Å². The summed E-state index contributed by atoms with van der Waals surface area (Å²) < 4.78 is 0. The molecule has 1 aromatic heterocycles. The van der Waals surface area contributed by atoms with E-state index in [1.807, 2.05) is 0 Å². The average Bonchev–Trinajstić information content (AvgIpc) is 2.03. The second kappa shape index (κ2) is 4.24. The minimum absolute atomic E-state index is 0.492. The van der Waals surface area contributed by atoms with Crippen molar-refractivity contribution < 1.29 is 4.79 Å². The molecular formula is C8H5Cl2NO. The molecule has 0 saturated heterocycles. The molecule has 0 spiro atoms. The zero-order chi connectivity index (χ0) is 8.97. The topological polar surface area (TPSA) is 30.0 Å². The third kappa shape index (κ3) is 2.64. The Morgan fingerprint density at radius 2 is 2.33 bits per heavy atom. The Kier molecular flexibility index (Phi) is 3.26. The van der Waals surface area contributed by atoms with Gasteiger partial charge in [-0.3, -0.25) is 9.78 Å². The van der Waals surface area contributed by atoms with E-state index < -0.39 is 5.24 Å². The molecule has 0 bridgehead atoms. The predicted octanol–water partition coefficient (Wildman–Crippen LogP) is 2.51. The van der Waals surface area contributed by atoms with E-state index in [1.165, 1.54) is 12.3 Å². The molecule has 4 heteroatoms. The average molecular weight is 202 g/mol. The van der Waals surface area contributed by atoms with E-state index in [1.54, 1.807) is 18.3 Å². The lowest BCUT2D eigenvalue weighted by molar-refractivity contribution is -0.107. The smallest absolute Gasteiger partial charge is 0.245 e. The van der Waals surface area contributed by atoms with Gasteiger partial charge in [0.1, 0.15) is 0 Å². The lowest BCUT2D eigenvalue weighted by atomic mass is 10.2. The molecule has 0 radical (unpaired) electrons. The third-order valence-corrected chi connectivity index (χ3v) is 1.64. The molecule has 0 aliphatic rings. The zero-order valence-corrected chi connectivity index (χ0v) is 7.51. The first-order valence-electron chi connectivity index (χ1n) is 3.17. The van der Waals surface area contributed by atoms with Crippen LogP contribution in [0.2, 0.25) is 5.02 Å². The number of hydrogen-bond acceptors (Lipinski definition) is 2. The summed E-state index contributed by atoms with van der Waals surface area (Å²) in [7, 11) is 0. The molecule has 1 heterocycles. The second-order valence-corrected chi connectivity index (χ2v) is 2.81. The van der Waals surface area contributed by atoms with Gasteiger partial charge in [-0.2, -0.15) is 0 Å². The summed E-state index contributed by atoms with van der Waals surface area (Å²) in [6.07, 6.45) is 5.87. The maximum Gasteiger partial charge on any atom is 0.245 e. The van der Waals surface area contributed by atoms with E-state index in [0.717, 1.165) is 5.56 Å². The third-order valence-electron chi connectivity index (χ3n) is 1.20. The standard InChI is InChI=1S/C8H5Cl2NO/c9-7-5-11-4-3-6(7)1-2-8(10)12/h1-5H. The van der Waals surface area contributed by atoms with Crippen LogP contribution in [0.1, 0.15) is 5.56 Å². The number of hydrogen-bond donors (Lipinski definition) is 0. The number of allylic oxidation sites excluding steroid dienone is 1. The number of aromatic nitrogens is 1. The monoisotopic (exact) mass is 201 g/mol. The Hall–Kier alpha value is -0.860. The quantitative estimate of drug-likeness (QED) is 0.544. The SMILES string of the molecule is O=C(Cl)C=Cc1ccncc1Cl. The Morgan fingerprint density at radius 3 is 2.92 bits per heavy atom. The fourth-order valence-electron chi connectivity index (χ4n) is 0.676. The van der Waals surface area contributed by atoms with Crippen molar-refractivity contribution in [3.63, 3.8) is 0 Å². The van der Waals surface area contributed by atoms with Gasteiger partial charge in [0, 0.05) is 12.4 Å². The molecule has 12 heavy (non-hydrogen) atoms. The van der Waals surface area contributed by atoms with E-state index in [0.29, 0.717) is 5.02 Å². The van der Waals surface area contributed by atoms with E-state index in [9.17, 15) is 4.79 Å². The van der Waals surface area contributed by atoms with Gasteiger partial charge < -0.3 is 0 Å². The van der Waals surface area contributed by atoms with Crippen molar-refractivity contribution in [2.75, 3.05) is 0 Å². The molecular weight excluding hydrogens is 197 g/mol. The molecule has 1 rings (SSSR count). The van der Waals surface area contributed by atoms with Crippen LogP contribution in [-0.4, -0.2) is 10.2 Å². The van der Waals surface area contributed by atoms with Gasteiger partial charge in [0.2, 0.25) is 5.24 Å². The molecule has 0 amide bonds. The number of carbonyl (C=O) groups excluding carboxylic acids is 1. The van der Waals surface area contributed by atoms with Crippen LogP contribution in [0.15, 0.2) is 24.5 Å². The summed E-state index contributed by atoms with van der Waals surface area (Å²) in [5.41, 5.74) is 0.723. The minimum Gasteiger partial charge on any atom is -0.276 e.